The molecule has 1 atom stereocenters. The van der Waals surface area contributed by atoms with Gasteiger partial charge < -0.3 is 9.72 Å². The lowest BCUT2D eigenvalue weighted by Crippen LogP contribution is -2.35. The number of aromatic amines is 1. The van der Waals surface area contributed by atoms with Crippen LogP contribution in [-0.4, -0.2) is 43.5 Å². The molecule has 0 spiro atoms. The van der Waals surface area contributed by atoms with Gasteiger partial charge >= 0.3 is 0 Å². The van der Waals surface area contributed by atoms with Crippen LogP contribution in [-0.2, 0) is 20.6 Å². The van der Waals surface area contributed by atoms with Crippen molar-refractivity contribution < 1.29 is 13.2 Å². The van der Waals surface area contributed by atoms with E-state index in [2.05, 4.69) is 4.98 Å². The summed E-state index contributed by atoms with van der Waals surface area (Å²) in [6.45, 7) is 3.38. The van der Waals surface area contributed by atoms with E-state index in [1.807, 2.05) is 6.92 Å². The number of H-pyrrole nitrogens is 1. The summed E-state index contributed by atoms with van der Waals surface area (Å²) in [5.41, 5.74) is 0.703. The predicted molar refractivity (Wildman–Crippen MR) is 69.1 cm³/mol. The number of nitrogens with zero attached hydrogens (tertiary/aromatic N) is 1. The highest BCUT2D eigenvalue weighted by Gasteiger charge is 2.28. The average molecular weight is 293 g/mol. The van der Waals surface area contributed by atoms with Gasteiger partial charge in [0.05, 0.1) is 16.9 Å². The Kier molecular flexibility index (Phi) is 4.32. The molecule has 0 radical (unpaired) electrons. The first kappa shape index (κ1) is 13.9. The standard InChI is InChI=1S/C11H17ClN2O3S/c1-9-8-14(3-2-4-17-9)18(15,16)11-5-10(6-12)13-7-11/h5,7,9,13H,2-4,6,8H2,1H3. The first-order valence-electron chi connectivity index (χ1n) is 5.89. The molecular weight excluding hydrogens is 276 g/mol. The molecule has 1 unspecified atom stereocenters. The van der Waals surface area contributed by atoms with Gasteiger partial charge in [-0.05, 0) is 19.4 Å². The van der Waals surface area contributed by atoms with Crippen LogP contribution in [0.3, 0.4) is 0 Å². The summed E-state index contributed by atoms with van der Waals surface area (Å²) < 4.78 is 31.8. The highest BCUT2D eigenvalue weighted by atomic mass is 35.5. The molecule has 0 saturated carbocycles. The minimum Gasteiger partial charge on any atom is -0.377 e. The SMILES string of the molecule is CC1CN(S(=O)(=O)c2c[nH]c(CCl)c2)CCCO1. The van der Waals surface area contributed by atoms with Crippen LogP contribution < -0.4 is 0 Å². The molecule has 1 fully saturated rings. The third-order valence-electron chi connectivity index (χ3n) is 2.91. The van der Waals surface area contributed by atoms with Gasteiger partial charge in [-0.15, -0.1) is 11.6 Å². The molecule has 1 N–H and O–H groups in total. The maximum absolute atomic E-state index is 12.4. The summed E-state index contributed by atoms with van der Waals surface area (Å²) in [6.07, 6.45) is 2.13. The molecular formula is C11H17ClN2O3S. The van der Waals surface area contributed by atoms with Crippen LogP contribution in [0.5, 0.6) is 0 Å². The fourth-order valence-corrected chi connectivity index (χ4v) is 3.70. The molecule has 0 aromatic carbocycles. The van der Waals surface area contributed by atoms with E-state index in [4.69, 9.17) is 16.3 Å². The first-order valence-corrected chi connectivity index (χ1v) is 7.86. The van der Waals surface area contributed by atoms with Gasteiger partial charge in [0.2, 0.25) is 10.0 Å². The van der Waals surface area contributed by atoms with Crippen molar-refractivity contribution in [2.75, 3.05) is 19.7 Å². The molecule has 0 amide bonds. The molecule has 1 aliphatic rings. The van der Waals surface area contributed by atoms with E-state index >= 15 is 0 Å². The van der Waals surface area contributed by atoms with Crippen molar-refractivity contribution in [1.29, 1.82) is 0 Å². The number of aromatic nitrogens is 1. The lowest BCUT2D eigenvalue weighted by molar-refractivity contribution is 0.0752. The molecule has 7 heteroatoms. The number of ether oxygens (including phenoxy) is 1. The molecule has 5 nitrogen and oxygen atoms in total. The van der Waals surface area contributed by atoms with Gasteiger partial charge in [0, 0.05) is 31.6 Å². The zero-order chi connectivity index (χ0) is 13.2. The maximum Gasteiger partial charge on any atom is 0.244 e. The normalized spacial score (nSPS) is 22.9. The monoisotopic (exact) mass is 292 g/mol. The summed E-state index contributed by atoms with van der Waals surface area (Å²) in [6, 6.07) is 1.58. The van der Waals surface area contributed by atoms with E-state index in [1.54, 1.807) is 6.07 Å². The van der Waals surface area contributed by atoms with Gasteiger partial charge in [0.1, 0.15) is 0 Å². The number of alkyl halides is 1. The second-order valence-electron chi connectivity index (χ2n) is 4.39. The molecule has 0 aliphatic carbocycles. The Hall–Kier alpha value is -0.560. The number of hydrogen-bond donors (Lipinski definition) is 1. The lowest BCUT2D eigenvalue weighted by Gasteiger charge is -2.20. The van der Waals surface area contributed by atoms with E-state index in [1.165, 1.54) is 10.5 Å². The zero-order valence-corrected chi connectivity index (χ0v) is 11.8. The molecule has 1 aromatic heterocycles. The fraction of sp³-hybridized carbons (Fsp3) is 0.636. The number of halogens is 1. The number of nitrogens with one attached hydrogen (secondary N) is 1. The molecule has 1 aromatic rings. The Balaban J connectivity index is 2.23. The van der Waals surface area contributed by atoms with Crippen LogP contribution in [0.25, 0.3) is 0 Å². The third-order valence-corrected chi connectivity index (χ3v) is 5.04. The summed E-state index contributed by atoms with van der Waals surface area (Å²) in [4.78, 5) is 3.13. The largest absolute Gasteiger partial charge is 0.377 e. The lowest BCUT2D eigenvalue weighted by atomic mass is 10.4. The van der Waals surface area contributed by atoms with Crippen molar-refractivity contribution in [2.24, 2.45) is 0 Å². The van der Waals surface area contributed by atoms with Gasteiger partial charge in [0.15, 0.2) is 0 Å². The Morgan fingerprint density at radius 3 is 3.06 bits per heavy atom. The van der Waals surface area contributed by atoms with Crippen molar-refractivity contribution in [3.8, 4) is 0 Å². The molecule has 2 rings (SSSR count). The highest BCUT2D eigenvalue weighted by molar-refractivity contribution is 7.89. The topological polar surface area (TPSA) is 62.4 Å². The van der Waals surface area contributed by atoms with E-state index in [0.29, 0.717) is 25.4 Å². The summed E-state index contributed by atoms with van der Waals surface area (Å²) in [5.74, 6) is 0.273. The molecule has 1 saturated heterocycles. The van der Waals surface area contributed by atoms with E-state index in [-0.39, 0.29) is 16.9 Å². The van der Waals surface area contributed by atoms with Crippen molar-refractivity contribution >= 4 is 21.6 Å². The van der Waals surface area contributed by atoms with Crippen LogP contribution in [0.2, 0.25) is 0 Å². The van der Waals surface area contributed by atoms with Gasteiger partial charge in [-0.25, -0.2) is 8.42 Å². The van der Waals surface area contributed by atoms with Crippen LogP contribution >= 0.6 is 11.6 Å². The fourth-order valence-electron chi connectivity index (χ4n) is 1.97. The molecule has 0 bridgehead atoms. The molecule has 2 heterocycles. The Labute approximate surface area is 112 Å². The van der Waals surface area contributed by atoms with E-state index in [9.17, 15) is 8.42 Å². The number of hydrogen-bond acceptors (Lipinski definition) is 3. The van der Waals surface area contributed by atoms with Crippen LogP contribution in [0, 0.1) is 0 Å². The second kappa shape index (κ2) is 5.61. The summed E-state index contributed by atoms with van der Waals surface area (Å²) >= 11 is 5.67. The second-order valence-corrected chi connectivity index (χ2v) is 6.60. The molecule has 102 valence electrons. The molecule has 18 heavy (non-hydrogen) atoms. The minimum atomic E-state index is -3.44. The van der Waals surface area contributed by atoms with Crippen molar-refractivity contribution in [3.05, 3.63) is 18.0 Å². The Bertz CT molecular complexity index is 500. The smallest absolute Gasteiger partial charge is 0.244 e. The average Bonchev–Trinajstić information content (AvgIpc) is 2.72. The van der Waals surface area contributed by atoms with Gasteiger partial charge in [-0.1, -0.05) is 0 Å². The highest BCUT2D eigenvalue weighted by Crippen LogP contribution is 2.20. The quantitative estimate of drug-likeness (QED) is 0.860. The van der Waals surface area contributed by atoms with E-state index in [0.717, 1.165) is 6.42 Å². The third kappa shape index (κ3) is 2.88. The summed E-state index contributed by atoms with van der Waals surface area (Å²) in [7, 11) is -3.44. The summed E-state index contributed by atoms with van der Waals surface area (Å²) in [5, 5.41) is 0. The van der Waals surface area contributed by atoms with Crippen molar-refractivity contribution in [1.82, 2.24) is 9.29 Å². The van der Waals surface area contributed by atoms with Gasteiger partial charge in [-0.2, -0.15) is 4.31 Å². The Morgan fingerprint density at radius 2 is 2.39 bits per heavy atom. The minimum absolute atomic E-state index is 0.0753. The van der Waals surface area contributed by atoms with Crippen molar-refractivity contribution in [2.45, 2.75) is 30.2 Å². The number of rotatable bonds is 3. The first-order chi connectivity index (χ1) is 8.54. The van der Waals surface area contributed by atoms with E-state index < -0.39 is 10.0 Å². The predicted octanol–water partition coefficient (Wildman–Crippen LogP) is 1.55. The molecule has 1 aliphatic heterocycles. The van der Waals surface area contributed by atoms with Crippen LogP contribution in [0.15, 0.2) is 17.2 Å². The van der Waals surface area contributed by atoms with Gasteiger partial charge in [-0.3, -0.25) is 0 Å². The maximum atomic E-state index is 12.4. The zero-order valence-electron chi connectivity index (χ0n) is 10.2. The van der Waals surface area contributed by atoms with Crippen LogP contribution in [0.4, 0.5) is 0 Å². The number of sulfonamides is 1. The Morgan fingerprint density at radius 1 is 1.61 bits per heavy atom. The van der Waals surface area contributed by atoms with Crippen molar-refractivity contribution in [3.63, 3.8) is 0 Å². The van der Waals surface area contributed by atoms with Gasteiger partial charge in [0.25, 0.3) is 0 Å². The van der Waals surface area contributed by atoms with Crippen LogP contribution in [0.1, 0.15) is 19.0 Å².